The number of hydrogen-bond acceptors (Lipinski definition) is 2. The smallest absolute Gasteiger partial charge is 0.0655 e. The van der Waals surface area contributed by atoms with Crippen LogP contribution in [0.1, 0.15) is 18.4 Å². The number of nitrogen functional groups attached to an aromatic ring is 1. The van der Waals surface area contributed by atoms with E-state index in [1.165, 1.54) is 24.1 Å². The number of benzene rings is 2. The summed E-state index contributed by atoms with van der Waals surface area (Å²) in [5.41, 5.74) is 10.8. The van der Waals surface area contributed by atoms with Gasteiger partial charge in [0.25, 0.3) is 0 Å². The fraction of sp³-hybridized carbons (Fsp3) is 0.250. The third kappa shape index (κ3) is 2.47. The standard InChI is InChI=1S/C16H17BrN2/c17-13-8-9-14(18)16(11-13)19-10-4-3-6-12-5-1-2-7-15(12)19/h1-2,5,7-9,11H,3-4,6,10,18H2. The summed E-state index contributed by atoms with van der Waals surface area (Å²) in [6.07, 6.45) is 3.59. The van der Waals surface area contributed by atoms with E-state index in [4.69, 9.17) is 5.73 Å². The molecule has 0 aliphatic carbocycles. The minimum atomic E-state index is 0.833. The maximum absolute atomic E-state index is 6.17. The zero-order chi connectivity index (χ0) is 13.2. The lowest BCUT2D eigenvalue weighted by Crippen LogP contribution is -2.19. The molecule has 0 atom stereocenters. The number of nitrogens with zero attached hydrogens (tertiary/aromatic N) is 1. The Morgan fingerprint density at radius 2 is 1.84 bits per heavy atom. The molecule has 3 rings (SSSR count). The van der Waals surface area contributed by atoms with E-state index in [1.54, 1.807) is 0 Å². The predicted molar refractivity (Wildman–Crippen MR) is 84.9 cm³/mol. The number of rotatable bonds is 1. The van der Waals surface area contributed by atoms with Gasteiger partial charge in [0.05, 0.1) is 11.4 Å². The van der Waals surface area contributed by atoms with Gasteiger partial charge in [0.1, 0.15) is 0 Å². The van der Waals surface area contributed by atoms with Crippen LogP contribution in [-0.4, -0.2) is 6.54 Å². The van der Waals surface area contributed by atoms with Gasteiger partial charge in [0, 0.05) is 16.7 Å². The van der Waals surface area contributed by atoms with Crippen molar-refractivity contribution in [2.75, 3.05) is 17.2 Å². The molecule has 0 fully saturated rings. The molecule has 0 aromatic heterocycles. The molecule has 1 aliphatic rings. The minimum Gasteiger partial charge on any atom is -0.397 e. The predicted octanol–water partition coefficient (Wildman–Crippen LogP) is 4.51. The van der Waals surface area contributed by atoms with E-state index in [1.807, 2.05) is 12.1 Å². The first-order chi connectivity index (χ1) is 9.25. The van der Waals surface area contributed by atoms with Crippen LogP contribution in [0.2, 0.25) is 0 Å². The van der Waals surface area contributed by atoms with Crippen molar-refractivity contribution in [1.29, 1.82) is 0 Å². The van der Waals surface area contributed by atoms with Gasteiger partial charge in [-0.1, -0.05) is 34.1 Å². The van der Waals surface area contributed by atoms with E-state index < -0.39 is 0 Å². The zero-order valence-corrected chi connectivity index (χ0v) is 12.4. The highest BCUT2D eigenvalue weighted by Crippen LogP contribution is 2.36. The number of anilines is 3. The van der Waals surface area contributed by atoms with Gasteiger partial charge in [-0.15, -0.1) is 0 Å². The quantitative estimate of drug-likeness (QED) is 0.784. The number of fused-ring (bicyclic) bond motifs is 1. The lowest BCUT2D eigenvalue weighted by atomic mass is 10.1. The second kappa shape index (κ2) is 5.25. The van der Waals surface area contributed by atoms with Gasteiger partial charge >= 0.3 is 0 Å². The Bertz CT molecular complexity index is 595. The van der Waals surface area contributed by atoms with Crippen molar-refractivity contribution in [2.24, 2.45) is 0 Å². The van der Waals surface area contributed by atoms with Crippen LogP contribution in [0.5, 0.6) is 0 Å². The molecule has 0 saturated heterocycles. The molecule has 0 unspecified atom stereocenters. The van der Waals surface area contributed by atoms with Crippen LogP contribution in [-0.2, 0) is 6.42 Å². The number of nitrogens with two attached hydrogens (primary N) is 1. The van der Waals surface area contributed by atoms with Gasteiger partial charge in [-0.3, -0.25) is 0 Å². The summed E-state index contributed by atoms with van der Waals surface area (Å²) in [4.78, 5) is 2.35. The Hall–Kier alpha value is -1.48. The number of para-hydroxylation sites is 1. The van der Waals surface area contributed by atoms with Gasteiger partial charge in [-0.2, -0.15) is 0 Å². The fourth-order valence-corrected chi connectivity index (χ4v) is 3.04. The van der Waals surface area contributed by atoms with Crippen molar-refractivity contribution < 1.29 is 0 Å². The molecule has 2 aromatic rings. The maximum atomic E-state index is 6.17. The first-order valence-electron chi connectivity index (χ1n) is 6.66. The Morgan fingerprint density at radius 3 is 2.74 bits per heavy atom. The third-order valence-corrected chi connectivity index (χ3v) is 4.14. The molecule has 2 nitrogen and oxygen atoms in total. The summed E-state index contributed by atoms with van der Waals surface area (Å²) in [7, 11) is 0. The Kier molecular flexibility index (Phi) is 3.47. The highest BCUT2D eigenvalue weighted by molar-refractivity contribution is 9.10. The third-order valence-electron chi connectivity index (χ3n) is 3.64. The van der Waals surface area contributed by atoms with Crippen LogP contribution < -0.4 is 10.6 Å². The maximum Gasteiger partial charge on any atom is 0.0655 e. The summed E-state index contributed by atoms with van der Waals surface area (Å²) in [5, 5.41) is 0. The van der Waals surface area contributed by atoms with Gasteiger partial charge in [-0.05, 0) is 49.1 Å². The molecule has 0 saturated carbocycles. The van der Waals surface area contributed by atoms with Crippen LogP contribution >= 0.6 is 15.9 Å². The van der Waals surface area contributed by atoms with Crippen LogP contribution in [0.3, 0.4) is 0 Å². The molecule has 0 bridgehead atoms. The topological polar surface area (TPSA) is 29.3 Å². The van der Waals surface area contributed by atoms with Crippen LogP contribution in [0.4, 0.5) is 17.1 Å². The first kappa shape index (κ1) is 12.5. The Morgan fingerprint density at radius 1 is 1.00 bits per heavy atom. The SMILES string of the molecule is Nc1ccc(Br)cc1N1CCCCc2ccccc21. The second-order valence-electron chi connectivity index (χ2n) is 4.94. The van der Waals surface area contributed by atoms with E-state index in [0.717, 1.165) is 28.8 Å². The monoisotopic (exact) mass is 316 g/mol. The van der Waals surface area contributed by atoms with Crippen molar-refractivity contribution in [3.8, 4) is 0 Å². The molecule has 19 heavy (non-hydrogen) atoms. The summed E-state index contributed by atoms with van der Waals surface area (Å²) < 4.78 is 1.07. The minimum absolute atomic E-state index is 0.833. The average molecular weight is 317 g/mol. The van der Waals surface area contributed by atoms with Crippen molar-refractivity contribution in [3.05, 3.63) is 52.5 Å². The molecular weight excluding hydrogens is 300 g/mol. The molecular formula is C16H17BrN2. The van der Waals surface area contributed by atoms with Crippen molar-refractivity contribution in [3.63, 3.8) is 0 Å². The summed E-state index contributed by atoms with van der Waals surface area (Å²) in [6, 6.07) is 14.7. The summed E-state index contributed by atoms with van der Waals surface area (Å²) in [6.45, 7) is 1.03. The lowest BCUT2D eigenvalue weighted by molar-refractivity contribution is 0.761. The largest absolute Gasteiger partial charge is 0.397 e. The molecule has 1 aliphatic heterocycles. The van der Waals surface area contributed by atoms with E-state index in [0.29, 0.717) is 0 Å². The van der Waals surface area contributed by atoms with E-state index in [9.17, 15) is 0 Å². The molecule has 0 amide bonds. The van der Waals surface area contributed by atoms with Crippen molar-refractivity contribution >= 4 is 33.0 Å². The van der Waals surface area contributed by atoms with Gasteiger partial charge in [-0.25, -0.2) is 0 Å². The number of aryl methyl sites for hydroxylation is 1. The van der Waals surface area contributed by atoms with E-state index in [2.05, 4.69) is 51.2 Å². The van der Waals surface area contributed by atoms with Gasteiger partial charge in [0.2, 0.25) is 0 Å². The first-order valence-corrected chi connectivity index (χ1v) is 7.45. The van der Waals surface area contributed by atoms with Gasteiger partial charge < -0.3 is 10.6 Å². The zero-order valence-electron chi connectivity index (χ0n) is 10.8. The number of halogens is 1. The highest BCUT2D eigenvalue weighted by atomic mass is 79.9. The summed E-state index contributed by atoms with van der Waals surface area (Å²) in [5.74, 6) is 0. The van der Waals surface area contributed by atoms with Crippen LogP contribution in [0.25, 0.3) is 0 Å². The van der Waals surface area contributed by atoms with E-state index in [-0.39, 0.29) is 0 Å². The summed E-state index contributed by atoms with van der Waals surface area (Å²) >= 11 is 3.54. The lowest BCUT2D eigenvalue weighted by Gasteiger charge is -2.26. The molecule has 3 heteroatoms. The molecule has 1 heterocycles. The molecule has 98 valence electrons. The van der Waals surface area contributed by atoms with Crippen molar-refractivity contribution in [2.45, 2.75) is 19.3 Å². The molecule has 2 aromatic carbocycles. The van der Waals surface area contributed by atoms with E-state index >= 15 is 0 Å². The van der Waals surface area contributed by atoms with Crippen LogP contribution in [0, 0.1) is 0 Å². The molecule has 0 radical (unpaired) electrons. The van der Waals surface area contributed by atoms with Gasteiger partial charge in [0.15, 0.2) is 0 Å². The Labute approximate surface area is 122 Å². The fourth-order valence-electron chi connectivity index (χ4n) is 2.69. The highest BCUT2D eigenvalue weighted by Gasteiger charge is 2.18. The van der Waals surface area contributed by atoms with Crippen LogP contribution in [0.15, 0.2) is 46.9 Å². The number of hydrogen-bond donors (Lipinski definition) is 1. The molecule has 2 N–H and O–H groups in total. The normalized spacial score (nSPS) is 14.9. The second-order valence-corrected chi connectivity index (χ2v) is 5.86. The average Bonchev–Trinajstić information content (AvgIpc) is 2.64. The Balaban J connectivity index is 2.11. The van der Waals surface area contributed by atoms with Crippen molar-refractivity contribution in [1.82, 2.24) is 0 Å². The molecule has 0 spiro atoms.